The van der Waals surface area contributed by atoms with Crippen LogP contribution in [0, 0.1) is 0 Å². The summed E-state index contributed by atoms with van der Waals surface area (Å²) in [4.78, 5) is 22.4. The highest BCUT2D eigenvalue weighted by Crippen LogP contribution is 2.31. The molecule has 2 aromatic heterocycles. The molecule has 0 saturated carbocycles. The number of hydrogen-bond donors (Lipinski definition) is 2. The van der Waals surface area contributed by atoms with E-state index in [1.807, 2.05) is 60.8 Å². The lowest BCUT2D eigenvalue weighted by molar-refractivity contribution is 0.0233. The number of rotatable bonds is 7. The minimum atomic E-state index is -0.253. The molecule has 33 heavy (non-hydrogen) atoms. The third kappa shape index (κ3) is 4.97. The quantitative estimate of drug-likeness (QED) is 0.418. The van der Waals surface area contributed by atoms with Crippen molar-refractivity contribution in [2.24, 2.45) is 0 Å². The van der Waals surface area contributed by atoms with Crippen LogP contribution >= 0.6 is 0 Å². The molecule has 3 heterocycles. The van der Waals surface area contributed by atoms with Crippen molar-refractivity contribution in [2.75, 3.05) is 13.1 Å². The van der Waals surface area contributed by atoms with Gasteiger partial charge in [-0.1, -0.05) is 42.5 Å². The molecule has 168 valence electrons. The molecular weight excluding hydrogens is 412 g/mol. The Morgan fingerprint density at radius 2 is 1.79 bits per heavy atom. The minimum Gasteiger partial charge on any atom is -0.328 e. The topological polar surface area (TPSA) is 68.2 Å². The number of hydroxylamine groups is 1. The van der Waals surface area contributed by atoms with Crippen molar-refractivity contribution in [2.45, 2.75) is 31.9 Å². The minimum absolute atomic E-state index is 0.253. The maximum atomic E-state index is 12.4. The lowest BCUT2D eigenvalue weighted by Crippen LogP contribution is -2.26. The van der Waals surface area contributed by atoms with Crippen molar-refractivity contribution in [3.63, 3.8) is 0 Å². The van der Waals surface area contributed by atoms with Crippen LogP contribution in [0.5, 0.6) is 0 Å². The van der Waals surface area contributed by atoms with Crippen LogP contribution in [0.3, 0.4) is 0 Å². The van der Waals surface area contributed by atoms with Crippen molar-refractivity contribution in [1.29, 1.82) is 0 Å². The Kier molecular flexibility index (Phi) is 6.46. The Bertz CT molecular complexity index is 1210. The van der Waals surface area contributed by atoms with Crippen LogP contribution < -0.4 is 10.8 Å². The highest BCUT2D eigenvalue weighted by molar-refractivity contribution is 5.93. The van der Waals surface area contributed by atoms with E-state index in [2.05, 4.69) is 38.7 Å². The normalized spacial score (nSPS) is 14.4. The molecule has 1 aliphatic heterocycles. The molecule has 6 nitrogen and oxygen atoms in total. The molecule has 6 heteroatoms. The first-order valence-electron chi connectivity index (χ1n) is 11.5. The summed E-state index contributed by atoms with van der Waals surface area (Å²) in [5.41, 5.74) is 7.62. The van der Waals surface area contributed by atoms with Crippen LogP contribution in [0.2, 0.25) is 0 Å². The molecule has 2 aromatic carbocycles. The van der Waals surface area contributed by atoms with Crippen LogP contribution in [0.25, 0.3) is 11.0 Å². The summed E-state index contributed by atoms with van der Waals surface area (Å²) >= 11 is 0. The zero-order valence-corrected chi connectivity index (χ0v) is 18.5. The van der Waals surface area contributed by atoms with E-state index in [0.29, 0.717) is 24.6 Å². The maximum Gasteiger partial charge on any atom is 0.274 e. The van der Waals surface area contributed by atoms with Crippen molar-refractivity contribution >= 4 is 16.9 Å². The van der Waals surface area contributed by atoms with Gasteiger partial charge in [0.1, 0.15) is 5.65 Å². The van der Waals surface area contributed by atoms with Gasteiger partial charge in [0.15, 0.2) is 0 Å². The lowest BCUT2D eigenvalue weighted by atomic mass is 9.89. The van der Waals surface area contributed by atoms with Gasteiger partial charge in [-0.2, -0.15) is 0 Å². The van der Waals surface area contributed by atoms with Crippen LogP contribution in [-0.4, -0.2) is 28.5 Å². The van der Waals surface area contributed by atoms with Gasteiger partial charge in [-0.15, -0.1) is 0 Å². The molecule has 0 atom stereocenters. The summed E-state index contributed by atoms with van der Waals surface area (Å²) in [6.07, 6.45) is 6.38. The Morgan fingerprint density at radius 1 is 1.00 bits per heavy atom. The molecule has 0 unspecified atom stereocenters. The molecule has 4 aromatic rings. The second-order valence-corrected chi connectivity index (χ2v) is 8.51. The molecule has 1 fully saturated rings. The van der Waals surface area contributed by atoms with Crippen molar-refractivity contribution < 1.29 is 9.63 Å². The van der Waals surface area contributed by atoms with E-state index in [1.165, 1.54) is 23.8 Å². The van der Waals surface area contributed by atoms with Gasteiger partial charge in [-0.3, -0.25) is 9.63 Å². The summed E-state index contributed by atoms with van der Waals surface area (Å²) in [6.45, 7) is 3.19. The number of pyridine rings is 1. The lowest BCUT2D eigenvalue weighted by Gasteiger charge is -2.23. The number of carbonyl (C=O) groups excluding carboxylic acids is 1. The third-order valence-corrected chi connectivity index (χ3v) is 6.29. The zero-order valence-electron chi connectivity index (χ0n) is 18.5. The average Bonchev–Trinajstić information content (AvgIpc) is 3.28. The molecule has 2 N–H and O–H groups in total. The van der Waals surface area contributed by atoms with E-state index in [1.54, 1.807) is 0 Å². The zero-order chi connectivity index (χ0) is 22.5. The summed E-state index contributed by atoms with van der Waals surface area (Å²) in [6, 6.07) is 21.7. The van der Waals surface area contributed by atoms with E-state index >= 15 is 0 Å². The van der Waals surface area contributed by atoms with Crippen LogP contribution in [0.4, 0.5) is 0 Å². The predicted molar refractivity (Wildman–Crippen MR) is 129 cm³/mol. The number of piperidine rings is 1. The Morgan fingerprint density at radius 3 is 2.58 bits per heavy atom. The highest BCUT2D eigenvalue weighted by atomic mass is 16.6. The Hall–Kier alpha value is -3.48. The Labute approximate surface area is 193 Å². The summed E-state index contributed by atoms with van der Waals surface area (Å²) in [5.74, 6) is 0.340. The molecule has 0 radical (unpaired) electrons. The molecule has 1 amide bonds. The maximum absolute atomic E-state index is 12.4. The van der Waals surface area contributed by atoms with E-state index in [0.717, 1.165) is 29.9 Å². The molecule has 5 rings (SSSR count). The summed E-state index contributed by atoms with van der Waals surface area (Å²) < 4.78 is 2.18. The molecule has 0 spiro atoms. The molecule has 1 saturated heterocycles. The predicted octanol–water partition coefficient (Wildman–Crippen LogP) is 4.41. The molecular formula is C27H28N4O2. The number of hydrogen-bond acceptors (Lipinski definition) is 4. The first kappa shape index (κ1) is 21.4. The largest absolute Gasteiger partial charge is 0.328 e. The van der Waals surface area contributed by atoms with Crippen LogP contribution in [-0.2, 0) is 18.0 Å². The fourth-order valence-corrected chi connectivity index (χ4v) is 4.50. The van der Waals surface area contributed by atoms with E-state index < -0.39 is 0 Å². The highest BCUT2D eigenvalue weighted by Gasteiger charge is 2.19. The summed E-state index contributed by atoms with van der Waals surface area (Å²) in [7, 11) is 0. The molecule has 1 aliphatic rings. The van der Waals surface area contributed by atoms with Gasteiger partial charge < -0.3 is 9.88 Å². The molecule has 0 aliphatic carbocycles. The van der Waals surface area contributed by atoms with Gasteiger partial charge in [0.25, 0.3) is 5.91 Å². The fraction of sp³-hybridized carbons (Fsp3) is 0.259. The number of benzene rings is 2. The fourth-order valence-electron chi connectivity index (χ4n) is 4.50. The third-order valence-electron chi connectivity index (χ3n) is 6.29. The number of nitrogens with one attached hydrogen (secondary N) is 2. The monoisotopic (exact) mass is 440 g/mol. The second-order valence-electron chi connectivity index (χ2n) is 8.51. The standard InChI is InChI=1S/C27H28N4O2/c32-27(30-33-19-21-4-2-1-3-5-21)23-8-6-20(7-9-23)18-31-17-13-25-24(12-16-29-26(25)31)22-10-14-28-15-11-22/h1-9,12-13,16-17,22,28H,10-11,14-15,18-19H2,(H,30,32). The van der Waals surface area contributed by atoms with Crippen LogP contribution in [0.15, 0.2) is 79.1 Å². The van der Waals surface area contributed by atoms with Crippen molar-refractivity contribution in [3.05, 3.63) is 101 Å². The van der Waals surface area contributed by atoms with Gasteiger partial charge >= 0.3 is 0 Å². The van der Waals surface area contributed by atoms with Gasteiger partial charge in [0, 0.05) is 29.9 Å². The van der Waals surface area contributed by atoms with Crippen molar-refractivity contribution in [1.82, 2.24) is 20.3 Å². The number of aromatic nitrogens is 2. The van der Waals surface area contributed by atoms with E-state index in [9.17, 15) is 4.79 Å². The number of nitrogens with zero attached hydrogens (tertiary/aromatic N) is 2. The van der Waals surface area contributed by atoms with Gasteiger partial charge in [0.05, 0.1) is 6.61 Å². The van der Waals surface area contributed by atoms with E-state index in [4.69, 9.17) is 4.84 Å². The van der Waals surface area contributed by atoms with E-state index in [-0.39, 0.29) is 5.91 Å². The second kappa shape index (κ2) is 9.98. The SMILES string of the molecule is O=C(NOCc1ccccc1)c1ccc(Cn2ccc3c(C4CCNCC4)ccnc32)cc1. The van der Waals surface area contributed by atoms with Gasteiger partial charge in [-0.25, -0.2) is 10.5 Å². The number of carbonyl (C=O) groups is 1. The van der Waals surface area contributed by atoms with Crippen LogP contribution in [0.1, 0.15) is 45.8 Å². The van der Waals surface area contributed by atoms with Gasteiger partial charge in [-0.05, 0) is 72.8 Å². The number of amides is 1. The Balaban J connectivity index is 1.23. The smallest absolute Gasteiger partial charge is 0.274 e. The first-order chi connectivity index (χ1) is 16.3. The first-order valence-corrected chi connectivity index (χ1v) is 11.5. The van der Waals surface area contributed by atoms with Crippen molar-refractivity contribution in [3.8, 4) is 0 Å². The number of fused-ring (bicyclic) bond motifs is 1. The molecule has 0 bridgehead atoms. The average molecular weight is 441 g/mol. The summed E-state index contributed by atoms with van der Waals surface area (Å²) in [5, 5.41) is 4.69. The van der Waals surface area contributed by atoms with Gasteiger partial charge in [0.2, 0.25) is 0 Å².